The number of hydrogen-bond donors (Lipinski definition) is 1. The maximum absolute atomic E-state index is 13.0. The molecule has 0 spiro atoms. The van der Waals surface area contributed by atoms with E-state index in [1.807, 2.05) is 12.1 Å². The number of aromatic nitrogens is 1. The van der Waals surface area contributed by atoms with Gasteiger partial charge in [0.15, 0.2) is 5.13 Å². The molecular weight excluding hydrogens is 474 g/mol. The van der Waals surface area contributed by atoms with Gasteiger partial charge in [-0.15, -0.1) is 22.7 Å². The summed E-state index contributed by atoms with van der Waals surface area (Å²) in [6.45, 7) is 2.83. The zero-order valence-electron chi connectivity index (χ0n) is 19.2. The number of ether oxygens (including phenoxy) is 2. The minimum Gasteiger partial charge on any atom is -0.495 e. The smallest absolute Gasteiger partial charge is 0.341 e. The molecule has 0 bridgehead atoms. The standard InChI is InChI=1S/C24H25N3O5S2/c1-14(28)25-22-21(17-8-4-7-11-20(17)34-22)23(30)32-12-16-13-33-24(26-16)27(15(2)29)18-9-5-6-10-19(18)31-3/h5-6,9-10,13H,4,7-8,11-12H2,1-3H3,(H,25,28). The first-order valence-corrected chi connectivity index (χ1v) is 12.6. The fourth-order valence-electron chi connectivity index (χ4n) is 3.93. The van der Waals surface area contributed by atoms with Crippen molar-refractivity contribution in [2.45, 2.75) is 46.1 Å². The van der Waals surface area contributed by atoms with Crippen molar-refractivity contribution in [1.82, 2.24) is 4.98 Å². The fraction of sp³-hybridized carbons (Fsp3) is 0.333. The van der Waals surface area contributed by atoms with Gasteiger partial charge in [0.25, 0.3) is 0 Å². The number of aryl methyl sites for hydroxylation is 1. The van der Waals surface area contributed by atoms with E-state index in [0.717, 1.165) is 36.1 Å². The van der Waals surface area contributed by atoms with Gasteiger partial charge in [0.1, 0.15) is 17.4 Å². The van der Waals surface area contributed by atoms with Gasteiger partial charge in [-0.25, -0.2) is 9.78 Å². The average Bonchev–Trinajstić information content (AvgIpc) is 3.41. The molecule has 0 saturated carbocycles. The monoisotopic (exact) mass is 499 g/mol. The Hall–Kier alpha value is -3.24. The number of amides is 2. The first-order chi connectivity index (χ1) is 16.4. The number of carbonyl (C=O) groups is 3. The molecule has 0 atom stereocenters. The van der Waals surface area contributed by atoms with E-state index in [0.29, 0.717) is 32.8 Å². The highest BCUT2D eigenvalue weighted by Gasteiger charge is 2.27. The Morgan fingerprint density at radius 3 is 2.65 bits per heavy atom. The second kappa shape index (κ2) is 10.4. The number of thiazole rings is 1. The van der Waals surface area contributed by atoms with E-state index in [9.17, 15) is 14.4 Å². The highest BCUT2D eigenvalue weighted by atomic mass is 32.1. The summed E-state index contributed by atoms with van der Waals surface area (Å²) in [6.07, 6.45) is 3.77. The van der Waals surface area contributed by atoms with Crippen molar-refractivity contribution in [3.8, 4) is 5.75 Å². The summed E-state index contributed by atoms with van der Waals surface area (Å²) in [4.78, 5) is 44.2. The Labute approximate surface area is 205 Å². The third-order valence-electron chi connectivity index (χ3n) is 5.39. The average molecular weight is 500 g/mol. The number of benzene rings is 1. The third kappa shape index (κ3) is 4.97. The summed E-state index contributed by atoms with van der Waals surface area (Å²) in [5.74, 6) is -0.371. The quantitative estimate of drug-likeness (QED) is 0.455. The number of nitrogens with one attached hydrogen (secondary N) is 1. The van der Waals surface area contributed by atoms with Crippen LogP contribution in [0, 0.1) is 0 Å². The van der Waals surface area contributed by atoms with Gasteiger partial charge < -0.3 is 14.8 Å². The second-order valence-corrected chi connectivity index (χ2v) is 9.76. The van der Waals surface area contributed by atoms with Gasteiger partial charge >= 0.3 is 5.97 Å². The van der Waals surface area contributed by atoms with Crippen LogP contribution in [0.1, 0.15) is 53.2 Å². The molecule has 0 radical (unpaired) electrons. The molecule has 8 nitrogen and oxygen atoms in total. The second-order valence-electron chi connectivity index (χ2n) is 7.82. The summed E-state index contributed by atoms with van der Waals surface area (Å²) in [6, 6.07) is 7.20. The molecule has 0 fully saturated rings. The van der Waals surface area contributed by atoms with E-state index >= 15 is 0 Å². The van der Waals surface area contributed by atoms with Crippen LogP contribution in [-0.4, -0.2) is 29.9 Å². The number of esters is 1. The molecular formula is C24H25N3O5S2. The number of para-hydroxylation sites is 2. The minimum absolute atomic E-state index is 0.0445. The molecule has 0 aliphatic heterocycles. The van der Waals surface area contributed by atoms with E-state index < -0.39 is 5.97 Å². The van der Waals surface area contributed by atoms with Gasteiger partial charge in [0.2, 0.25) is 11.8 Å². The van der Waals surface area contributed by atoms with Crippen molar-refractivity contribution < 1.29 is 23.9 Å². The zero-order valence-corrected chi connectivity index (χ0v) is 20.8. The highest BCUT2D eigenvalue weighted by molar-refractivity contribution is 7.17. The number of thiophene rings is 1. The van der Waals surface area contributed by atoms with Crippen LogP contribution in [0.25, 0.3) is 0 Å². The summed E-state index contributed by atoms with van der Waals surface area (Å²) in [5, 5.41) is 5.53. The van der Waals surface area contributed by atoms with Crippen molar-refractivity contribution >= 4 is 56.3 Å². The molecule has 1 N–H and O–H groups in total. The highest BCUT2D eigenvalue weighted by Crippen LogP contribution is 2.39. The van der Waals surface area contributed by atoms with Gasteiger partial charge in [-0.3, -0.25) is 14.5 Å². The lowest BCUT2D eigenvalue weighted by atomic mass is 9.95. The van der Waals surface area contributed by atoms with Crippen LogP contribution < -0.4 is 15.0 Å². The zero-order chi connectivity index (χ0) is 24.2. The molecule has 2 heterocycles. The van der Waals surface area contributed by atoms with Gasteiger partial charge in [-0.05, 0) is 43.4 Å². The van der Waals surface area contributed by atoms with Crippen LogP contribution in [0.2, 0.25) is 0 Å². The maximum Gasteiger partial charge on any atom is 0.341 e. The maximum atomic E-state index is 13.0. The van der Waals surface area contributed by atoms with Crippen LogP contribution in [-0.2, 0) is 33.8 Å². The van der Waals surface area contributed by atoms with E-state index in [4.69, 9.17) is 9.47 Å². The lowest BCUT2D eigenvalue weighted by molar-refractivity contribution is -0.116. The number of hydrogen-bond acceptors (Lipinski definition) is 8. The first-order valence-electron chi connectivity index (χ1n) is 10.9. The molecule has 1 aromatic carbocycles. The number of fused-ring (bicyclic) bond motifs is 1. The molecule has 2 aromatic heterocycles. The van der Waals surface area contributed by atoms with Gasteiger partial charge in [-0.2, -0.15) is 0 Å². The Morgan fingerprint density at radius 2 is 1.91 bits per heavy atom. The molecule has 0 unspecified atom stereocenters. The Balaban J connectivity index is 1.53. The number of carbonyl (C=O) groups excluding carboxylic acids is 3. The van der Waals surface area contributed by atoms with E-state index in [-0.39, 0.29) is 18.4 Å². The minimum atomic E-state index is -0.481. The lowest BCUT2D eigenvalue weighted by Gasteiger charge is -2.20. The molecule has 1 aliphatic rings. The summed E-state index contributed by atoms with van der Waals surface area (Å²) in [7, 11) is 1.54. The van der Waals surface area contributed by atoms with Crippen molar-refractivity contribution in [3.05, 3.63) is 51.3 Å². The predicted molar refractivity (Wildman–Crippen MR) is 132 cm³/mol. The Kier molecular flexibility index (Phi) is 7.28. The predicted octanol–water partition coefficient (Wildman–Crippen LogP) is 5.09. The van der Waals surface area contributed by atoms with Crippen LogP contribution in [0.15, 0.2) is 29.6 Å². The molecule has 4 rings (SSSR count). The third-order valence-corrected chi connectivity index (χ3v) is 7.47. The van der Waals surface area contributed by atoms with E-state index in [2.05, 4.69) is 10.3 Å². The SMILES string of the molecule is COc1ccccc1N(C(C)=O)c1nc(COC(=O)c2c(NC(C)=O)sc3c2CCCC3)cs1. The van der Waals surface area contributed by atoms with Crippen molar-refractivity contribution in [2.24, 2.45) is 0 Å². The van der Waals surface area contributed by atoms with Crippen LogP contribution in [0.5, 0.6) is 5.75 Å². The van der Waals surface area contributed by atoms with Gasteiger partial charge in [-0.1, -0.05) is 12.1 Å². The Morgan fingerprint density at radius 1 is 1.15 bits per heavy atom. The summed E-state index contributed by atoms with van der Waals surface area (Å²) < 4.78 is 11.0. The van der Waals surface area contributed by atoms with Crippen LogP contribution in [0.3, 0.4) is 0 Å². The number of nitrogens with zero attached hydrogens (tertiary/aromatic N) is 2. The van der Waals surface area contributed by atoms with E-state index in [1.54, 1.807) is 24.6 Å². The van der Waals surface area contributed by atoms with E-state index in [1.165, 1.54) is 41.4 Å². The fourth-order valence-corrected chi connectivity index (χ4v) is 6.12. The van der Waals surface area contributed by atoms with Gasteiger partial charge in [0.05, 0.1) is 24.1 Å². The summed E-state index contributed by atoms with van der Waals surface area (Å²) >= 11 is 2.73. The molecule has 3 aromatic rings. The number of anilines is 3. The number of rotatable bonds is 7. The topological polar surface area (TPSA) is 97.8 Å². The molecule has 1 aliphatic carbocycles. The van der Waals surface area contributed by atoms with Crippen molar-refractivity contribution in [3.63, 3.8) is 0 Å². The molecule has 2 amide bonds. The number of methoxy groups -OCH3 is 1. The van der Waals surface area contributed by atoms with Crippen LogP contribution >= 0.6 is 22.7 Å². The van der Waals surface area contributed by atoms with Crippen LogP contribution in [0.4, 0.5) is 15.8 Å². The Bertz CT molecular complexity index is 1230. The van der Waals surface area contributed by atoms with Crippen molar-refractivity contribution in [2.75, 3.05) is 17.3 Å². The molecule has 0 saturated heterocycles. The molecule has 10 heteroatoms. The molecule has 178 valence electrons. The largest absolute Gasteiger partial charge is 0.495 e. The summed E-state index contributed by atoms with van der Waals surface area (Å²) in [5.41, 5.74) is 2.53. The molecule has 34 heavy (non-hydrogen) atoms. The normalized spacial score (nSPS) is 12.6. The van der Waals surface area contributed by atoms with Crippen molar-refractivity contribution in [1.29, 1.82) is 0 Å². The lowest BCUT2D eigenvalue weighted by Crippen LogP contribution is -2.23. The van der Waals surface area contributed by atoms with Gasteiger partial charge in [0, 0.05) is 24.1 Å². The first kappa shape index (κ1) is 23.9.